The summed E-state index contributed by atoms with van der Waals surface area (Å²) in [6.07, 6.45) is 3.24. The van der Waals surface area contributed by atoms with Crippen LogP contribution >= 0.6 is 0 Å². The van der Waals surface area contributed by atoms with E-state index in [0.29, 0.717) is 19.3 Å². The van der Waals surface area contributed by atoms with Gasteiger partial charge in [0.15, 0.2) is 6.61 Å². The maximum Gasteiger partial charge on any atom is 0.342 e. The van der Waals surface area contributed by atoms with Crippen LogP contribution in [0.5, 0.6) is 0 Å². The normalized spacial score (nSPS) is 22.3. The van der Waals surface area contributed by atoms with Crippen molar-refractivity contribution in [3.05, 3.63) is 35.4 Å². The van der Waals surface area contributed by atoms with Gasteiger partial charge in [0.25, 0.3) is 0 Å². The second kappa shape index (κ2) is 9.21. The van der Waals surface area contributed by atoms with Crippen LogP contribution in [0.4, 0.5) is 0 Å². The van der Waals surface area contributed by atoms with E-state index in [1.807, 2.05) is 24.3 Å². The molecular weight excluding hydrogens is 324 g/mol. The molecule has 0 saturated heterocycles. The Kier molecular flexibility index (Phi) is 6.99. The summed E-state index contributed by atoms with van der Waals surface area (Å²) >= 11 is 0. The Morgan fingerprint density at radius 1 is 1.24 bits per heavy atom. The standard InChI is InChI=1S/C19H22O6/c20-9-7-14-4-2-1-3-13(14)5-6-15-16(18(22)11-17(15)21)8-10-25-12-19(23)24/h1-4,15-16,18,20,22H,5-7,9,11-12H2,(H,23,24)/t15-,16?,18?/m1/s1. The number of carboxylic acids is 1. The van der Waals surface area contributed by atoms with E-state index < -0.39 is 30.5 Å². The highest BCUT2D eigenvalue weighted by Crippen LogP contribution is 2.32. The van der Waals surface area contributed by atoms with Crippen molar-refractivity contribution < 1.29 is 29.6 Å². The average Bonchev–Trinajstić information content (AvgIpc) is 2.84. The fourth-order valence-corrected chi connectivity index (χ4v) is 3.17. The first-order valence-electron chi connectivity index (χ1n) is 8.25. The second-order valence-electron chi connectivity index (χ2n) is 6.08. The van der Waals surface area contributed by atoms with Crippen LogP contribution in [0.2, 0.25) is 0 Å². The molecule has 25 heavy (non-hydrogen) atoms. The van der Waals surface area contributed by atoms with Crippen LogP contribution in [0.15, 0.2) is 24.3 Å². The summed E-state index contributed by atoms with van der Waals surface area (Å²) in [5.74, 6) is 0.575. The number of aliphatic carboxylic acids is 1. The third-order valence-corrected chi connectivity index (χ3v) is 4.39. The molecule has 0 amide bonds. The predicted octanol–water partition coefficient (Wildman–Crippen LogP) is 0.782. The topological polar surface area (TPSA) is 104 Å². The van der Waals surface area contributed by atoms with E-state index in [9.17, 15) is 14.7 Å². The third-order valence-electron chi connectivity index (χ3n) is 4.39. The zero-order chi connectivity index (χ0) is 18.2. The molecule has 0 aliphatic heterocycles. The molecule has 6 nitrogen and oxygen atoms in total. The number of carboxylic acid groups (broad SMARTS) is 1. The number of hydrogen-bond donors (Lipinski definition) is 3. The molecule has 2 unspecified atom stereocenters. The van der Waals surface area contributed by atoms with Gasteiger partial charge in [0.05, 0.1) is 12.0 Å². The lowest BCUT2D eigenvalue weighted by molar-refractivity contribution is -0.140. The summed E-state index contributed by atoms with van der Waals surface area (Å²) < 4.78 is 4.69. The van der Waals surface area contributed by atoms with E-state index in [4.69, 9.17) is 14.9 Å². The first kappa shape index (κ1) is 19.0. The molecule has 2 rings (SSSR count). The molecule has 1 aromatic rings. The molecule has 0 bridgehead atoms. The molecule has 6 heteroatoms. The van der Waals surface area contributed by atoms with Crippen LogP contribution in [0, 0.1) is 23.9 Å². The van der Waals surface area contributed by atoms with Gasteiger partial charge in [-0.1, -0.05) is 30.2 Å². The predicted molar refractivity (Wildman–Crippen MR) is 89.5 cm³/mol. The van der Waals surface area contributed by atoms with E-state index >= 15 is 0 Å². The van der Waals surface area contributed by atoms with Crippen LogP contribution in [0.3, 0.4) is 0 Å². The fraction of sp³-hybridized carbons (Fsp3) is 0.474. The van der Waals surface area contributed by atoms with Crippen molar-refractivity contribution in [2.24, 2.45) is 11.8 Å². The number of carbonyl (C=O) groups is 2. The van der Waals surface area contributed by atoms with Crippen molar-refractivity contribution in [1.82, 2.24) is 0 Å². The molecule has 1 aliphatic rings. The minimum Gasteiger partial charge on any atom is -0.479 e. The van der Waals surface area contributed by atoms with Gasteiger partial charge in [0.1, 0.15) is 11.9 Å². The van der Waals surface area contributed by atoms with E-state index in [1.54, 1.807) is 0 Å². The number of ether oxygens (including phenoxy) is 1. The highest BCUT2D eigenvalue weighted by Gasteiger charge is 2.40. The summed E-state index contributed by atoms with van der Waals surface area (Å²) in [7, 11) is 0. The number of rotatable bonds is 7. The zero-order valence-corrected chi connectivity index (χ0v) is 13.9. The van der Waals surface area contributed by atoms with E-state index in [0.717, 1.165) is 11.1 Å². The maximum absolute atomic E-state index is 12.2. The van der Waals surface area contributed by atoms with Gasteiger partial charge < -0.3 is 20.1 Å². The summed E-state index contributed by atoms with van der Waals surface area (Å²) in [5, 5.41) is 27.7. The molecule has 3 atom stereocenters. The van der Waals surface area contributed by atoms with Crippen LogP contribution in [-0.2, 0) is 27.2 Å². The lowest BCUT2D eigenvalue weighted by Gasteiger charge is -2.16. The molecule has 0 radical (unpaired) electrons. The number of aliphatic hydroxyl groups is 2. The van der Waals surface area contributed by atoms with Crippen LogP contribution in [-0.4, -0.2) is 46.4 Å². The number of aliphatic hydroxyl groups excluding tert-OH is 2. The Labute approximate surface area is 146 Å². The summed E-state index contributed by atoms with van der Waals surface area (Å²) in [5.41, 5.74) is 2.11. The van der Waals surface area contributed by atoms with Crippen molar-refractivity contribution in [1.29, 1.82) is 0 Å². The number of aryl methyl sites for hydroxylation is 1. The number of Topliss-reactive ketones (excluding diaryl/α,β-unsaturated/α-hetero) is 1. The SMILES string of the molecule is O=C(O)COC#CC1C(O)CC(=O)[C@@H]1CCc1ccccc1CCO. The number of hydrogen-bond acceptors (Lipinski definition) is 5. The Hall–Kier alpha value is -2.36. The second-order valence-corrected chi connectivity index (χ2v) is 6.08. The molecule has 0 aromatic heterocycles. The molecule has 3 N–H and O–H groups in total. The van der Waals surface area contributed by atoms with E-state index in [-0.39, 0.29) is 18.8 Å². The largest absolute Gasteiger partial charge is 0.479 e. The van der Waals surface area contributed by atoms with Gasteiger partial charge in [-0.05, 0) is 30.4 Å². The lowest BCUT2D eigenvalue weighted by atomic mass is 9.88. The molecular formula is C19H22O6. The molecule has 0 spiro atoms. The third kappa shape index (κ3) is 5.31. The average molecular weight is 346 g/mol. The molecule has 1 aromatic carbocycles. The van der Waals surface area contributed by atoms with Crippen LogP contribution < -0.4 is 0 Å². The lowest BCUT2D eigenvalue weighted by Crippen LogP contribution is -2.20. The minimum absolute atomic E-state index is 0.0373. The highest BCUT2D eigenvalue weighted by atomic mass is 16.5. The van der Waals surface area contributed by atoms with E-state index in [1.165, 1.54) is 0 Å². The van der Waals surface area contributed by atoms with Crippen LogP contribution in [0.1, 0.15) is 24.0 Å². The highest BCUT2D eigenvalue weighted by molar-refractivity contribution is 5.85. The molecule has 134 valence electrons. The first-order chi connectivity index (χ1) is 12.0. The fourth-order valence-electron chi connectivity index (χ4n) is 3.17. The summed E-state index contributed by atoms with van der Waals surface area (Å²) in [6, 6.07) is 7.75. The zero-order valence-electron chi connectivity index (χ0n) is 13.9. The van der Waals surface area contributed by atoms with Gasteiger partial charge in [-0.15, -0.1) is 0 Å². The van der Waals surface area contributed by atoms with Crippen molar-refractivity contribution in [3.63, 3.8) is 0 Å². The monoisotopic (exact) mass is 346 g/mol. The van der Waals surface area contributed by atoms with E-state index in [2.05, 4.69) is 12.0 Å². The Bertz CT molecular complexity index is 672. The summed E-state index contributed by atoms with van der Waals surface area (Å²) in [4.78, 5) is 22.6. The van der Waals surface area contributed by atoms with Crippen molar-refractivity contribution in [2.45, 2.75) is 31.8 Å². The molecule has 1 aliphatic carbocycles. The van der Waals surface area contributed by atoms with Gasteiger partial charge in [-0.2, -0.15) is 0 Å². The van der Waals surface area contributed by atoms with Crippen molar-refractivity contribution >= 4 is 11.8 Å². The quantitative estimate of drug-likeness (QED) is 0.631. The molecule has 0 heterocycles. The van der Waals surface area contributed by atoms with Gasteiger partial charge in [-0.25, -0.2) is 4.79 Å². The van der Waals surface area contributed by atoms with Gasteiger partial charge in [0.2, 0.25) is 0 Å². The molecule has 1 fully saturated rings. The van der Waals surface area contributed by atoms with Crippen LogP contribution in [0.25, 0.3) is 0 Å². The smallest absolute Gasteiger partial charge is 0.342 e. The minimum atomic E-state index is -1.13. The Morgan fingerprint density at radius 2 is 1.92 bits per heavy atom. The number of benzene rings is 1. The van der Waals surface area contributed by atoms with Crippen molar-refractivity contribution in [2.75, 3.05) is 13.2 Å². The van der Waals surface area contributed by atoms with Gasteiger partial charge >= 0.3 is 5.97 Å². The summed E-state index contributed by atoms with van der Waals surface area (Å²) in [6.45, 7) is -0.476. The number of ketones is 1. The van der Waals surface area contributed by atoms with Crippen molar-refractivity contribution in [3.8, 4) is 12.0 Å². The maximum atomic E-state index is 12.2. The molecule has 1 saturated carbocycles. The van der Waals surface area contributed by atoms with Gasteiger partial charge in [0, 0.05) is 18.9 Å². The first-order valence-corrected chi connectivity index (χ1v) is 8.25. The number of carbonyl (C=O) groups excluding carboxylic acids is 1. The van der Waals surface area contributed by atoms with Gasteiger partial charge in [-0.3, -0.25) is 4.79 Å². The Balaban J connectivity index is 2.03. The Morgan fingerprint density at radius 3 is 2.56 bits per heavy atom.